The van der Waals surface area contributed by atoms with Gasteiger partial charge in [0.1, 0.15) is 0 Å². The van der Waals surface area contributed by atoms with Crippen LogP contribution in [0.4, 0.5) is 0 Å². The van der Waals surface area contributed by atoms with E-state index >= 15 is 0 Å². The minimum Gasteiger partial charge on any atom is -0.490 e. The molecule has 0 radical (unpaired) electrons. The van der Waals surface area contributed by atoms with Gasteiger partial charge in [-0.25, -0.2) is 0 Å². The van der Waals surface area contributed by atoms with Crippen LogP contribution in [0.25, 0.3) is 0 Å². The Balaban J connectivity index is 2.60. The summed E-state index contributed by atoms with van der Waals surface area (Å²) in [4.78, 5) is 0. The standard InChI is InChI=1S/C12H18O2/c1-3-9-13-11-7-5-6-8-12(11)14-10-4-2/h5-8H,3-4,9-10H2,1-2H3. The summed E-state index contributed by atoms with van der Waals surface area (Å²) in [5.74, 6) is 1.70. The van der Waals surface area contributed by atoms with Crippen molar-refractivity contribution in [3.8, 4) is 11.5 Å². The van der Waals surface area contributed by atoms with Gasteiger partial charge in [0.25, 0.3) is 0 Å². The second-order valence-corrected chi connectivity index (χ2v) is 3.14. The second-order valence-electron chi connectivity index (χ2n) is 3.14. The zero-order chi connectivity index (χ0) is 10.2. The molecule has 0 bridgehead atoms. The molecular weight excluding hydrogens is 176 g/mol. The summed E-state index contributed by atoms with van der Waals surface area (Å²) in [7, 11) is 0. The van der Waals surface area contributed by atoms with Crippen molar-refractivity contribution < 1.29 is 9.47 Å². The Morgan fingerprint density at radius 1 is 0.857 bits per heavy atom. The molecule has 1 aromatic carbocycles. The number of benzene rings is 1. The van der Waals surface area contributed by atoms with Crippen LogP contribution in [-0.2, 0) is 0 Å². The quantitative estimate of drug-likeness (QED) is 0.692. The number of hydrogen-bond acceptors (Lipinski definition) is 2. The topological polar surface area (TPSA) is 18.5 Å². The van der Waals surface area contributed by atoms with Crippen molar-refractivity contribution in [1.29, 1.82) is 0 Å². The van der Waals surface area contributed by atoms with E-state index in [0.29, 0.717) is 0 Å². The molecule has 2 nitrogen and oxygen atoms in total. The summed E-state index contributed by atoms with van der Waals surface area (Å²) < 4.78 is 11.1. The van der Waals surface area contributed by atoms with Crippen LogP contribution in [0.1, 0.15) is 26.7 Å². The number of ether oxygens (including phenoxy) is 2. The van der Waals surface area contributed by atoms with Crippen molar-refractivity contribution in [3.05, 3.63) is 24.3 Å². The van der Waals surface area contributed by atoms with Crippen LogP contribution in [0.15, 0.2) is 24.3 Å². The van der Waals surface area contributed by atoms with Crippen LogP contribution in [0.3, 0.4) is 0 Å². The first-order valence-electron chi connectivity index (χ1n) is 5.23. The molecule has 0 aliphatic heterocycles. The van der Waals surface area contributed by atoms with Crippen molar-refractivity contribution >= 4 is 0 Å². The minimum absolute atomic E-state index is 0.743. The molecule has 1 aromatic rings. The van der Waals surface area contributed by atoms with Gasteiger partial charge in [-0.1, -0.05) is 26.0 Å². The molecule has 0 amide bonds. The van der Waals surface area contributed by atoms with Crippen LogP contribution < -0.4 is 9.47 Å². The van der Waals surface area contributed by atoms with Crippen LogP contribution in [-0.4, -0.2) is 13.2 Å². The molecule has 0 unspecified atom stereocenters. The van der Waals surface area contributed by atoms with Gasteiger partial charge in [0.15, 0.2) is 11.5 Å². The van der Waals surface area contributed by atoms with Gasteiger partial charge in [-0.2, -0.15) is 0 Å². The molecule has 2 heteroatoms. The van der Waals surface area contributed by atoms with Crippen LogP contribution in [0, 0.1) is 0 Å². The highest BCUT2D eigenvalue weighted by Gasteiger charge is 2.02. The molecule has 0 fully saturated rings. The molecule has 0 heterocycles. The van der Waals surface area contributed by atoms with Crippen LogP contribution >= 0.6 is 0 Å². The molecule has 0 saturated carbocycles. The molecule has 0 aromatic heterocycles. The Bertz CT molecular complexity index is 231. The van der Waals surface area contributed by atoms with Gasteiger partial charge in [-0.15, -0.1) is 0 Å². The maximum Gasteiger partial charge on any atom is 0.161 e. The molecule has 0 aliphatic rings. The molecule has 1 rings (SSSR count). The van der Waals surface area contributed by atoms with Crippen molar-refractivity contribution in [2.75, 3.05) is 13.2 Å². The van der Waals surface area contributed by atoms with Crippen molar-refractivity contribution in [2.24, 2.45) is 0 Å². The third kappa shape index (κ3) is 3.29. The first-order chi connectivity index (χ1) is 6.88. The van der Waals surface area contributed by atoms with Crippen molar-refractivity contribution in [3.63, 3.8) is 0 Å². The van der Waals surface area contributed by atoms with Crippen molar-refractivity contribution in [2.45, 2.75) is 26.7 Å². The van der Waals surface area contributed by atoms with Crippen molar-refractivity contribution in [1.82, 2.24) is 0 Å². The lowest BCUT2D eigenvalue weighted by molar-refractivity contribution is 0.268. The summed E-state index contributed by atoms with van der Waals surface area (Å²) in [6, 6.07) is 7.81. The van der Waals surface area contributed by atoms with Crippen LogP contribution in [0.5, 0.6) is 11.5 Å². The number of hydrogen-bond donors (Lipinski definition) is 0. The average molecular weight is 194 g/mol. The van der Waals surface area contributed by atoms with Crippen LogP contribution in [0.2, 0.25) is 0 Å². The predicted octanol–water partition coefficient (Wildman–Crippen LogP) is 3.26. The fraction of sp³-hybridized carbons (Fsp3) is 0.500. The van der Waals surface area contributed by atoms with Gasteiger partial charge in [0.05, 0.1) is 13.2 Å². The minimum atomic E-state index is 0.743. The molecule has 0 atom stereocenters. The molecule has 78 valence electrons. The highest BCUT2D eigenvalue weighted by atomic mass is 16.5. The van der Waals surface area contributed by atoms with Gasteiger partial charge < -0.3 is 9.47 Å². The van der Waals surface area contributed by atoms with E-state index in [0.717, 1.165) is 37.6 Å². The second kappa shape index (κ2) is 6.30. The molecule has 14 heavy (non-hydrogen) atoms. The molecule has 0 N–H and O–H groups in total. The van der Waals surface area contributed by atoms with E-state index in [1.807, 2.05) is 24.3 Å². The van der Waals surface area contributed by atoms with Gasteiger partial charge in [-0.05, 0) is 25.0 Å². The Labute approximate surface area is 85.8 Å². The molecule has 0 spiro atoms. The van der Waals surface area contributed by atoms with E-state index < -0.39 is 0 Å². The van der Waals surface area contributed by atoms with Gasteiger partial charge in [0.2, 0.25) is 0 Å². The van der Waals surface area contributed by atoms with E-state index in [9.17, 15) is 0 Å². The first-order valence-corrected chi connectivity index (χ1v) is 5.23. The SMILES string of the molecule is CCCOc1ccccc1OCCC. The fourth-order valence-electron chi connectivity index (χ4n) is 1.11. The summed E-state index contributed by atoms with van der Waals surface area (Å²) in [6.07, 6.45) is 2.03. The third-order valence-electron chi connectivity index (χ3n) is 1.77. The summed E-state index contributed by atoms with van der Waals surface area (Å²) in [5, 5.41) is 0. The molecule has 0 aliphatic carbocycles. The smallest absolute Gasteiger partial charge is 0.161 e. The van der Waals surface area contributed by atoms with E-state index in [-0.39, 0.29) is 0 Å². The van der Waals surface area contributed by atoms with Gasteiger partial charge >= 0.3 is 0 Å². The van der Waals surface area contributed by atoms with Gasteiger partial charge in [-0.3, -0.25) is 0 Å². The summed E-state index contributed by atoms with van der Waals surface area (Å²) in [6.45, 7) is 5.67. The highest BCUT2D eigenvalue weighted by Crippen LogP contribution is 2.26. The number of para-hydroxylation sites is 2. The predicted molar refractivity (Wildman–Crippen MR) is 58.0 cm³/mol. The number of rotatable bonds is 6. The highest BCUT2D eigenvalue weighted by molar-refractivity contribution is 5.39. The van der Waals surface area contributed by atoms with E-state index in [4.69, 9.17) is 9.47 Å². The Morgan fingerprint density at radius 3 is 1.64 bits per heavy atom. The Morgan fingerprint density at radius 2 is 1.29 bits per heavy atom. The van der Waals surface area contributed by atoms with E-state index in [1.165, 1.54) is 0 Å². The van der Waals surface area contributed by atoms with E-state index in [2.05, 4.69) is 13.8 Å². The monoisotopic (exact) mass is 194 g/mol. The maximum absolute atomic E-state index is 5.56. The van der Waals surface area contributed by atoms with E-state index in [1.54, 1.807) is 0 Å². The fourth-order valence-corrected chi connectivity index (χ4v) is 1.11. The summed E-state index contributed by atoms with van der Waals surface area (Å²) >= 11 is 0. The zero-order valence-corrected chi connectivity index (χ0v) is 8.95. The molecular formula is C12H18O2. The average Bonchev–Trinajstić information content (AvgIpc) is 2.24. The Hall–Kier alpha value is -1.18. The largest absolute Gasteiger partial charge is 0.490 e. The zero-order valence-electron chi connectivity index (χ0n) is 8.95. The summed E-state index contributed by atoms with van der Waals surface area (Å²) in [5.41, 5.74) is 0. The normalized spacial score (nSPS) is 9.86. The Kier molecular flexibility index (Phi) is 4.90. The first kappa shape index (κ1) is 10.9. The lowest BCUT2D eigenvalue weighted by Crippen LogP contribution is -2.00. The lowest BCUT2D eigenvalue weighted by atomic mass is 10.3. The van der Waals surface area contributed by atoms with Gasteiger partial charge in [0, 0.05) is 0 Å². The maximum atomic E-state index is 5.56. The lowest BCUT2D eigenvalue weighted by Gasteiger charge is -2.11. The third-order valence-corrected chi connectivity index (χ3v) is 1.77. The molecule has 0 saturated heterocycles.